The number of fused-ring (bicyclic) bond motifs is 1. The second-order valence-corrected chi connectivity index (χ2v) is 8.09. The first-order valence-electron chi connectivity index (χ1n) is 8.25. The molecule has 4 rings (SSSR count). The van der Waals surface area contributed by atoms with E-state index in [-0.39, 0.29) is 5.76 Å². The third-order valence-corrected chi connectivity index (χ3v) is 6.37. The second kappa shape index (κ2) is 7.03. The standard InChI is InChI=1S/C19H14Cl2N2O3S/c20-11-5-4-9(8-12(11)21)13-6-7-14(26-13)18(25)23-19-16(17(22)24)10-2-1-3-15(10)27-19/h4-8H,1-3H2,(H2,22,24)(H,23,25). The van der Waals surface area contributed by atoms with Crippen molar-refractivity contribution in [1.29, 1.82) is 0 Å². The van der Waals surface area contributed by atoms with Crippen LogP contribution in [0.25, 0.3) is 11.3 Å². The Morgan fingerprint density at radius 3 is 2.67 bits per heavy atom. The lowest BCUT2D eigenvalue weighted by molar-refractivity contribution is 0.0998. The van der Waals surface area contributed by atoms with Gasteiger partial charge in [0.25, 0.3) is 11.8 Å². The highest BCUT2D eigenvalue weighted by Crippen LogP contribution is 2.39. The Morgan fingerprint density at radius 1 is 1.11 bits per heavy atom. The first kappa shape index (κ1) is 18.1. The number of benzene rings is 1. The summed E-state index contributed by atoms with van der Waals surface area (Å²) in [5.74, 6) is -0.355. The summed E-state index contributed by atoms with van der Waals surface area (Å²) in [4.78, 5) is 25.5. The summed E-state index contributed by atoms with van der Waals surface area (Å²) in [6.45, 7) is 0. The molecule has 3 N–H and O–H groups in total. The smallest absolute Gasteiger partial charge is 0.292 e. The van der Waals surface area contributed by atoms with Crippen LogP contribution < -0.4 is 11.1 Å². The van der Waals surface area contributed by atoms with E-state index in [9.17, 15) is 9.59 Å². The molecule has 3 aromatic rings. The maximum Gasteiger partial charge on any atom is 0.292 e. The fraction of sp³-hybridized carbons (Fsp3) is 0.158. The zero-order chi connectivity index (χ0) is 19.1. The van der Waals surface area contributed by atoms with Crippen LogP contribution in [0.2, 0.25) is 10.0 Å². The minimum atomic E-state index is -0.527. The predicted octanol–water partition coefficient (Wildman–Crippen LogP) is 5.15. The van der Waals surface area contributed by atoms with Gasteiger partial charge in [-0.2, -0.15) is 0 Å². The summed E-state index contributed by atoms with van der Waals surface area (Å²) in [5, 5.41) is 4.08. The maximum atomic E-state index is 12.6. The number of carbonyl (C=O) groups is 2. The highest BCUT2D eigenvalue weighted by Gasteiger charge is 2.27. The van der Waals surface area contributed by atoms with E-state index in [0.717, 1.165) is 29.7 Å². The molecule has 0 fully saturated rings. The van der Waals surface area contributed by atoms with Crippen LogP contribution in [0, 0.1) is 0 Å². The Kier molecular flexibility index (Phi) is 4.72. The molecule has 0 bridgehead atoms. The molecule has 2 aromatic heterocycles. The molecule has 0 aliphatic heterocycles. The number of nitrogens with one attached hydrogen (secondary N) is 1. The van der Waals surface area contributed by atoms with Crippen molar-refractivity contribution in [3.8, 4) is 11.3 Å². The van der Waals surface area contributed by atoms with E-state index in [0.29, 0.717) is 31.9 Å². The van der Waals surface area contributed by atoms with E-state index in [1.807, 2.05) is 0 Å². The van der Waals surface area contributed by atoms with Crippen molar-refractivity contribution in [3.63, 3.8) is 0 Å². The van der Waals surface area contributed by atoms with Crippen LogP contribution in [0.4, 0.5) is 5.00 Å². The van der Waals surface area contributed by atoms with Crippen molar-refractivity contribution in [3.05, 3.63) is 62.1 Å². The monoisotopic (exact) mass is 420 g/mol. The number of hydrogen-bond donors (Lipinski definition) is 2. The Hall–Kier alpha value is -2.28. The number of primary amides is 1. The van der Waals surface area contributed by atoms with E-state index in [1.54, 1.807) is 30.3 Å². The lowest BCUT2D eigenvalue weighted by Crippen LogP contribution is -2.17. The SMILES string of the molecule is NC(=O)c1c(NC(=O)c2ccc(-c3ccc(Cl)c(Cl)c3)o2)sc2c1CCC2. The van der Waals surface area contributed by atoms with E-state index in [1.165, 1.54) is 11.3 Å². The van der Waals surface area contributed by atoms with Crippen LogP contribution in [0.15, 0.2) is 34.7 Å². The molecule has 0 radical (unpaired) electrons. The van der Waals surface area contributed by atoms with Crippen molar-refractivity contribution in [2.24, 2.45) is 5.73 Å². The van der Waals surface area contributed by atoms with Gasteiger partial charge in [-0.1, -0.05) is 23.2 Å². The molecule has 5 nitrogen and oxygen atoms in total. The van der Waals surface area contributed by atoms with Gasteiger partial charge >= 0.3 is 0 Å². The summed E-state index contributed by atoms with van der Waals surface area (Å²) in [6, 6.07) is 8.33. The van der Waals surface area contributed by atoms with Crippen LogP contribution in [0.3, 0.4) is 0 Å². The molecule has 0 saturated heterocycles. The number of nitrogens with two attached hydrogens (primary N) is 1. The minimum absolute atomic E-state index is 0.125. The van der Waals surface area contributed by atoms with Crippen molar-refractivity contribution >= 4 is 51.4 Å². The molecular formula is C19H14Cl2N2O3S. The molecule has 1 aliphatic carbocycles. The number of carbonyl (C=O) groups excluding carboxylic acids is 2. The van der Waals surface area contributed by atoms with Gasteiger partial charge in [-0.15, -0.1) is 11.3 Å². The van der Waals surface area contributed by atoms with Gasteiger partial charge in [0.05, 0.1) is 15.6 Å². The van der Waals surface area contributed by atoms with Crippen molar-refractivity contribution in [2.75, 3.05) is 5.32 Å². The van der Waals surface area contributed by atoms with Gasteiger partial charge in [0.15, 0.2) is 5.76 Å². The number of rotatable bonds is 4. The van der Waals surface area contributed by atoms with Crippen molar-refractivity contribution in [1.82, 2.24) is 0 Å². The molecule has 0 spiro atoms. The lowest BCUT2D eigenvalue weighted by atomic mass is 10.1. The molecule has 1 aliphatic rings. The van der Waals surface area contributed by atoms with Crippen LogP contribution in [-0.4, -0.2) is 11.8 Å². The second-order valence-electron chi connectivity index (χ2n) is 6.17. The first-order valence-corrected chi connectivity index (χ1v) is 9.82. The molecule has 0 unspecified atom stereocenters. The molecular weight excluding hydrogens is 407 g/mol. The van der Waals surface area contributed by atoms with Crippen LogP contribution in [0.1, 0.15) is 37.8 Å². The molecule has 2 amide bonds. The number of thiophene rings is 1. The zero-order valence-electron chi connectivity index (χ0n) is 14.0. The Labute approximate surface area is 169 Å². The molecule has 1 aromatic carbocycles. The van der Waals surface area contributed by atoms with Gasteiger partial charge < -0.3 is 15.5 Å². The summed E-state index contributed by atoms with van der Waals surface area (Å²) in [6.07, 6.45) is 2.71. The fourth-order valence-corrected chi connectivity index (χ4v) is 4.77. The van der Waals surface area contributed by atoms with Crippen LogP contribution in [0.5, 0.6) is 0 Å². The number of aryl methyl sites for hydroxylation is 1. The normalized spacial score (nSPS) is 12.8. The van der Waals surface area contributed by atoms with Gasteiger partial charge in [-0.3, -0.25) is 9.59 Å². The fourth-order valence-electron chi connectivity index (χ4n) is 3.18. The Morgan fingerprint density at radius 2 is 1.93 bits per heavy atom. The van der Waals surface area contributed by atoms with Crippen molar-refractivity contribution in [2.45, 2.75) is 19.3 Å². The van der Waals surface area contributed by atoms with E-state index in [2.05, 4.69) is 5.32 Å². The lowest BCUT2D eigenvalue weighted by Gasteiger charge is -2.04. The first-order chi connectivity index (χ1) is 12.9. The predicted molar refractivity (Wildman–Crippen MR) is 107 cm³/mol. The number of amides is 2. The highest BCUT2D eigenvalue weighted by atomic mass is 35.5. The maximum absolute atomic E-state index is 12.6. The number of halogens is 2. The molecule has 138 valence electrons. The van der Waals surface area contributed by atoms with Crippen LogP contribution in [-0.2, 0) is 12.8 Å². The quantitative estimate of drug-likeness (QED) is 0.611. The Bertz CT molecular complexity index is 1070. The van der Waals surface area contributed by atoms with Crippen molar-refractivity contribution < 1.29 is 14.0 Å². The summed E-state index contributed by atoms with van der Waals surface area (Å²) >= 11 is 13.4. The summed E-state index contributed by atoms with van der Waals surface area (Å²) in [5.41, 5.74) is 7.60. The van der Waals surface area contributed by atoms with Gasteiger partial charge in [-0.05, 0) is 55.2 Å². The largest absolute Gasteiger partial charge is 0.451 e. The van der Waals surface area contributed by atoms with E-state index >= 15 is 0 Å². The molecule has 0 saturated carbocycles. The number of anilines is 1. The third kappa shape index (κ3) is 3.36. The van der Waals surface area contributed by atoms with Gasteiger partial charge in [0, 0.05) is 10.4 Å². The van der Waals surface area contributed by atoms with Gasteiger partial charge in [0.2, 0.25) is 0 Å². The van der Waals surface area contributed by atoms with E-state index < -0.39 is 11.8 Å². The third-order valence-electron chi connectivity index (χ3n) is 4.43. The topological polar surface area (TPSA) is 85.3 Å². The zero-order valence-corrected chi connectivity index (χ0v) is 16.3. The van der Waals surface area contributed by atoms with Gasteiger partial charge in [0.1, 0.15) is 10.8 Å². The highest BCUT2D eigenvalue weighted by molar-refractivity contribution is 7.17. The summed E-state index contributed by atoms with van der Waals surface area (Å²) in [7, 11) is 0. The minimum Gasteiger partial charge on any atom is -0.451 e. The molecule has 2 heterocycles. The van der Waals surface area contributed by atoms with Crippen LogP contribution >= 0.6 is 34.5 Å². The molecule has 27 heavy (non-hydrogen) atoms. The average molecular weight is 421 g/mol. The molecule has 0 atom stereocenters. The number of hydrogen-bond acceptors (Lipinski definition) is 4. The molecule has 8 heteroatoms. The average Bonchev–Trinajstić information content (AvgIpc) is 3.32. The Balaban J connectivity index is 1.59. The summed E-state index contributed by atoms with van der Waals surface area (Å²) < 4.78 is 5.65. The van der Waals surface area contributed by atoms with E-state index in [4.69, 9.17) is 33.4 Å². The van der Waals surface area contributed by atoms with Gasteiger partial charge in [-0.25, -0.2) is 0 Å². The number of furan rings is 1.